The summed E-state index contributed by atoms with van der Waals surface area (Å²) >= 11 is 0. The first-order valence-corrected chi connectivity index (χ1v) is 20.1. The highest BCUT2D eigenvalue weighted by molar-refractivity contribution is 4.61. The van der Waals surface area contributed by atoms with Crippen molar-refractivity contribution in [2.24, 2.45) is 17.8 Å². The molecule has 0 bridgehead atoms. The summed E-state index contributed by atoms with van der Waals surface area (Å²) in [6.07, 6.45) is 48.5. The third kappa shape index (κ3) is 34.4. The molecule has 0 fully saturated rings. The van der Waals surface area contributed by atoms with E-state index >= 15 is 0 Å². The molecular formula is C41H84. The van der Waals surface area contributed by atoms with Crippen LogP contribution in [0.3, 0.4) is 0 Å². The van der Waals surface area contributed by atoms with E-state index in [0.717, 1.165) is 17.8 Å². The Balaban J connectivity index is 3.36. The zero-order chi connectivity index (χ0) is 30.1. The zero-order valence-corrected chi connectivity index (χ0v) is 30.1. The lowest BCUT2D eigenvalue weighted by Crippen LogP contribution is -2.01. The maximum Gasteiger partial charge on any atom is -0.0443 e. The largest absolute Gasteiger partial charge is 0.0654 e. The van der Waals surface area contributed by atoms with Crippen molar-refractivity contribution >= 4 is 0 Å². The molecule has 0 saturated carbocycles. The molecule has 0 saturated heterocycles. The third-order valence-corrected chi connectivity index (χ3v) is 10.1. The van der Waals surface area contributed by atoms with Gasteiger partial charge in [-0.05, 0) is 17.8 Å². The Bertz CT molecular complexity index is 453. The molecule has 0 heterocycles. The summed E-state index contributed by atoms with van der Waals surface area (Å²) in [6.45, 7) is 12.2. The molecule has 248 valence electrons. The van der Waals surface area contributed by atoms with Crippen LogP contribution in [0.15, 0.2) is 0 Å². The molecule has 0 aromatic carbocycles. The summed E-state index contributed by atoms with van der Waals surface area (Å²) in [5.74, 6) is 2.84. The van der Waals surface area contributed by atoms with Gasteiger partial charge in [-0.25, -0.2) is 0 Å². The molecule has 0 nitrogen and oxygen atoms in total. The van der Waals surface area contributed by atoms with Gasteiger partial charge in [0.1, 0.15) is 0 Å². The zero-order valence-electron chi connectivity index (χ0n) is 30.1. The summed E-state index contributed by atoms with van der Waals surface area (Å²) in [5, 5.41) is 0. The molecule has 0 aromatic rings. The van der Waals surface area contributed by atoms with E-state index in [1.165, 1.54) is 212 Å². The monoisotopic (exact) mass is 577 g/mol. The molecule has 0 aliphatic carbocycles. The van der Waals surface area contributed by atoms with Crippen LogP contribution in [0.2, 0.25) is 0 Å². The smallest absolute Gasteiger partial charge is 0.0443 e. The van der Waals surface area contributed by atoms with Crippen molar-refractivity contribution in [1.82, 2.24) is 0 Å². The van der Waals surface area contributed by atoms with Crippen LogP contribution in [0.4, 0.5) is 0 Å². The molecule has 0 aliphatic rings. The normalized spacial score (nSPS) is 14.0. The fourth-order valence-corrected chi connectivity index (χ4v) is 6.91. The lowest BCUT2D eigenvalue weighted by molar-refractivity contribution is 0.373. The molecule has 0 aliphatic heterocycles. The number of rotatable bonds is 35. The molecule has 0 radical (unpaired) electrons. The van der Waals surface area contributed by atoms with Gasteiger partial charge in [0.05, 0.1) is 0 Å². The van der Waals surface area contributed by atoms with Gasteiger partial charge < -0.3 is 0 Å². The standard InChI is InChI=1S/C41H84/c1-6-8-10-12-14-16-18-19-20-21-22-24-26-28-30-34-40(4)36-32-38-41(5)37-31-35-39(3)33-29-27-25-23-17-15-13-11-9-7-2/h39-41H,6-38H2,1-5H3. The van der Waals surface area contributed by atoms with Crippen molar-refractivity contribution in [1.29, 1.82) is 0 Å². The average Bonchev–Trinajstić information content (AvgIpc) is 2.96. The van der Waals surface area contributed by atoms with E-state index in [-0.39, 0.29) is 0 Å². The van der Waals surface area contributed by atoms with Crippen LogP contribution >= 0.6 is 0 Å². The van der Waals surface area contributed by atoms with E-state index in [1.54, 1.807) is 0 Å². The van der Waals surface area contributed by atoms with E-state index in [9.17, 15) is 0 Å². The molecule has 3 unspecified atom stereocenters. The minimum absolute atomic E-state index is 0.942. The van der Waals surface area contributed by atoms with Gasteiger partial charge in [0.25, 0.3) is 0 Å². The highest BCUT2D eigenvalue weighted by atomic mass is 14.1. The van der Waals surface area contributed by atoms with Crippen LogP contribution in [0.5, 0.6) is 0 Å². The molecule has 0 amide bonds. The second-order valence-corrected chi connectivity index (χ2v) is 14.9. The summed E-state index contributed by atoms with van der Waals surface area (Å²) in [7, 11) is 0. The summed E-state index contributed by atoms with van der Waals surface area (Å²) in [6, 6.07) is 0. The third-order valence-electron chi connectivity index (χ3n) is 10.1. The van der Waals surface area contributed by atoms with Gasteiger partial charge in [-0.1, -0.05) is 247 Å². The second kappa shape index (κ2) is 34.5. The minimum Gasteiger partial charge on any atom is -0.0654 e. The van der Waals surface area contributed by atoms with Crippen LogP contribution in [-0.2, 0) is 0 Å². The Hall–Kier alpha value is 0. The van der Waals surface area contributed by atoms with Crippen molar-refractivity contribution < 1.29 is 0 Å². The van der Waals surface area contributed by atoms with Crippen LogP contribution in [-0.4, -0.2) is 0 Å². The quantitative estimate of drug-likeness (QED) is 0.0658. The van der Waals surface area contributed by atoms with E-state index in [0.29, 0.717) is 0 Å². The van der Waals surface area contributed by atoms with Gasteiger partial charge in [-0.2, -0.15) is 0 Å². The number of hydrogen-bond acceptors (Lipinski definition) is 0. The van der Waals surface area contributed by atoms with Crippen molar-refractivity contribution in [2.45, 2.75) is 247 Å². The van der Waals surface area contributed by atoms with Gasteiger partial charge in [0.2, 0.25) is 0 Å². The van der Waals surface area contributed by atoms with Crippen molar-refractivity contribution in [2.75, 3.05) is 0 Å². The molecule has 0 N–H and O–H groups in total. The number of unbranched alkanes of at least 4 members (excludes halogenated alkanes) is 23. The number of hydrogen-bond donors (Lipinski definition) is 0. The Kier molecular flexibility index (Phi) is 34.5. The summed E-state index contributed by atoms with van der Waals surface area (Å²) in [5.41, 5.74) is 0. The van der Waals surface area contributed by atoms with Crippen molar-refractivity contribution in [3.63, 3.8) is 0 Å². The highest BCUT2D eigenvalue weighted by Gasteiger charge is 2.08. The van der Waals surface area contributed by atoms with Crippen LogP contribution in [0.25, 0.3) is 0 Å². The predicted octanol–water partition coefficient (Wildman–Crippen LogP) is 15.8. The molecule has 0 rings (SSSR count). The highest BCUT2D eigenvalue weighted by Crippen LogP contribution is 2.24. The van der Waals surface area contributed by atoms with Crippen LogP contribution in [0.1, 0.15) is 247 Å². The molecular weight excluding hydrogens is 492 g/mol. The molecule has 0 aromatic heterocycles. The van der Waals surface area contributed by atoms with Gasteiger partial charge in [0, 0.05) is 0 Å². The van der Waals surface area contributed by atoms with Gasteiger partial charge in [-0.3, -0.25) is 0 Å². The summed E-state index contributed by atoms with van der Waals surface area (Å²) < 4.78 is 0. The van der Waals surface area contributed by atoms with E-state index < -0.39 is 0 Å². The van der Waals surface area contributed by atoms with E-state index in [1.807, 2.05) is 0 Å². The van der Waals surface area contributed by atoms with Crippen LogP contribution < -0.4 is 0 Å². The van der Waals surface area contributed by atoms with Gasteiger partial charge in [0.15, 0.2) is 0 Å². The molecule has 0 spiro atoms. The Morgan fingerprint density at radius 1 is 0.220 bits per heavy atom. The van der Waals surface area contributed by atoms with Crippen molar-refractivity contribution in [3.8, 4) is 0 Å². The second-order valence-electron chi connectivity index (χ2n) is 14.9. The fraction of sp³-hybridized carbons (Fsp3) is 1.00. The van der Waals surface area contributed by atoms with E-state index in [4.69, 9.17) is 0 Å². The predicted molar refractivity (Wildman–Crippen MR) is 191 cm³/mol. The summed E-state index contributed by atoms with van der Waals surface area (Å²) in [4.78, 5) is 0. The first-order chi connectivity index (χ1) is 20.1. The first kappa shape index (κ1) is 41.0. The van der Waals surface area contributed by atoms with Gasteiger partial charge >= 0.3 is 0 Å². The molecule has 0 heteroatoms. The van der Waals surface area contributed by atoms with Gasteiger partial charge in [-0.15, -0.1) is 0 Å². The maximum atomic E-state index is 2.52. The first-order valence-electron chi connectivity index (χ1n) is 20.1. The molecule has 41 heavy (non-hydrogen) atoms. The maximum absolute atomic E-state index is 2.52. The Morgan fingerprint density at radius 2 is 0.390 bits per heavy atom. The minimum atomic E-state index is 0.942. The Labute approximate surface area is 263 Å². The van der Waals surface area contributed by atoms with Crippen LogP contribution in [0, 0.1) is 17.8 Å². The van der Waals surface area contributed by atoms with Crippen molar-refractivity contribution in [3.05, 3.63) is 0 Å². The SMILES string of the molecule is CCCCCCCCCCCCCCCCCC(C)CCCC(C)CCCC(C)CCCCCCCCCCCC. The Morgan fingerprint density at radius 3 is 0.610 bits per heavy atom. The lowest BCUT2D eigenvalue weighted by atomic mass is 9.90. The topological polar surface area (TPSA) is 0 Å². The lowest BCUT2D eigenvalue weighted by Gasteiger charge is -2.16. The van der Waals surface area contributed by atoms with E-state index in [2.05, 4.69) is 34.6 Å². The average molecular weight is 577 g/mol. The molecule has 3 atom stereocenters. The fourth-order valence-electron chi connectivity index (χ4n) is 6.91.